The highest BCUT2D eigenvalue weighted by atomic mass is 15.2. The van der Waals surface area contributed by atoms with Crippen LogP contribution in [0.15, 0.2) is 24.5 Å². The average Bonchev–Trinajstić information content (AvgIpc) is 2.67. The zero-order chi connectivity index (χ0) is 11.6. The monoisotopic (exact) mass is 219 g/mol. The van der Waals surface area contributed by atoms with Gasteiger partial charge in [-0.2, -0.15) is 0 Å². The summed E-state index contributed by atoms with van der Waals surface area (Å²) >= 11 is 0. The maximum Gasteiger partial charge on any atom is 0.0529 e. The van der Waals surface area contributed by atoms with Gasteiger partial charge in [-0.15, -0.1) is 0 Å². The van der Waals surface area contributed by atoms with Crippen LogP contribution in [0, 0.1) is 0 Å². The van der Waals surface area contributed by atoms with Crippen molar-refractivity contribution in [1.29, 1.82) is 0 Å². The first kappa shape index (κ1) is 11.4. The van der Waals surface area contributed by atoms with Gasteiger partial charge < -0.3 is 5.32 Å². The van der Waals surface area contributed by atoms with E-state index in [1.54, 1.807) is 6.20 Å². The first-order valence-corrected chi connectivity index (χ1v) is 5.97. The summed E-state index contributed by atoms with van der Waals surface area (Å²) in [5, 5.41) is 3.54. The molecule has 88 valence electrons. The number of aromatic nitrogens is 1. The van der Waals surface area contributed by atoms with Crippen molar-refractivity contribution >= 4 is 5.69 Å². The fourth-order valence-electron chi connectivity index (χ4n) is 2.17. The molecule has 2 rings (SSSR count). The third-order valence-electron chi connectivity index (χ3n) is 3.17. The molecule has 0 amide bonds. The van der Waals surface area contributed by atoms with Gasteiger partial charge in [0.25, 0.3) is 0 Å². The number of rotatable bonds is 2. The Bertz CT molecular complexity index is 329. The van der Waals surface area contributed by atoms with Crippen molar-refractivity contribution in [3.63, 3.8) is 0 Å². The fourth-order valence-corrected chi connectivity index (χ4v) is 2.17. The number of nitrogens with one attached hydrogen (secondary N) is 1. The maximum absolute atomic E-state index is 4.12. The molecule has 0 aromatic carbocycles. The normalized spacial score (nSPS) is 22.3. The van der Waals surface area contributed by atoms with Crippen molar-refractivity contribution < 1.29 is 0 Å². The lowest BCUT2D eigenvalue weighted by molar-refractivity contribution is 0.174. The smallest absolute Gasteiger partial charge is 0.0529 e. The van der Waals surface area contributed by atoms with Gasteiger partial charge in [0.15, 0.2) is 0 Å². The van der Waals surface area contributed by atoms with Crippen LogP contribution in [0.3, 0.4) is 0 Å². The molecular weight excluding hydrogens is 198 g/mol. The third kappa shape index (κ3) is 2.73. The minimum Gasteiger partial charge on any atom is -0.380 e. The molecule has 1 atom stereocenters. The molecule has 2 heterocycles. The Hall–Kier alpha value is -1.09. The van der Waals surface area contributed by atoms with Crippen LogP contribution in [0.5, 0.6) is 0 Å². The Morgan fingerprint density at radius 2 is 2.25 bits per heavy atom. The molecule has 0 bridgehead atoms. The Kier molecular flexibility index (Phi) is 3.15. The zero-order valence-corrected chi connectivity index (χ0v) is 10.4. The van der Waals surface area contributed by atoms with Gasteiger partial charge in [-0.05, 0) is 39.3 Å². The Morgan fingerprint density at radius 1 is 1.44 bits per heavy atom. The van der Waals surface area contributed by atoms with E-state index in [0.717, 1.165) is 12.2 Å². The van der Waals surface area contributed by atoms with Crippen LogP contribution in [0.25, 0.3) is 0 Å². The summed E-state index contributed by atoms with van der Waals surface area (Å²) in [6, 6.07) is 4.61. The van der Waals surface area contributed by atoms with E-state index in [0.29, 0.717) is 6.04 Å². The lowest BCUT2D eigenvalue weighted by atomic mass is 10.1. The second-order valence-electron chi connectivity index (χ2n) is 5.49. The predicted molar refractivity (Wildman–Crippen MR) is 67.6 cm³/mol. The number of hydrogen-bond acceptors (Lipinski definition) is 3. The highest BCUT2D eigenvalue weighted by Crippen LogP contribution is 2.22. The molecule has 0 radical (unpaired) electrons. The van der Waals surface area contributed by atoms with Gasteiger partial charge >= 0.3 is 0 Å². The van der Waals surface area contributed by atoms with Crippen LogP contribution in [0.1, 0.15) is 27.2 Å². The van der Waals surface area contributed by atoms with Gasteiger partial charge in [-0.3, -0.25) is 9.88 Å². The van der Waals surface area contributed by atoms with Crippen molar-refractivity contribution in [2.75, 3.05) is 18.4 Å². The molecule has 1 unspecified atom stereocenters. The lowest BCUT2D eigenvalue weighted by Gasteiger charge is -2.31. The predicted octanol–water partition coefficient (Wildman–Crippen LogP) is 2.37. The molecule has 1 saturated heterocycles. The van der Waals surface area contributed by atoms with Crippen molar-refractivity contribution in [2.24, 2.45) is 0 Å². The molecule has 0 spiro atoms. The SMILES string of the molecule is CC(C)(C)N1CCC(Nc2cccnc2)C1. The van der Waals surface area contributed by atoms with Crippen molar-refractivity contribution in [2.45, 2.75) is 38.8 Å². The molecular formula is C13H21N3. The number of likely N-dealkylation sites (tertiary alicyclic amines) is 1. The quantitative estimate of drug-likeness (QED) is 0.827. The summed E-state index contributed by atoms with van der Waals surface area (Å²) in [7, 11) is 0. The molecule has 0 aliphatic carbocycles. The average molecular weight is 219 g/mol. The van der Waals surface area contributed by atoms with Crippen LogP contribution in [-0.2, 0) is 0 Å². The highest BCUT2D eigenvalue weighted by Gasteiger charge is 2.29. The minimum absolute atomic E-state index is 0.283. The lowest BCUT2D eigenvalue weighted by Crippen LogP contribution is -2.40. The van der Waals surface area contributed by atoms with Gasteiger partial charge in [-0.25, -0.2) is 0 Å². The third-order valence-corrected chi connectivity index (χ3v) is 3.17. The van der Waals surface area contributed by atoms with Crippen molar-refractivity contribution in [3.05, 3.63) is 24.5 Å². The Morgan fingerprint density at radius 3 is 2.81 bits per heavy atom. The van der Waals surface area contributed by atoms with Crippen LogP contribution in [0.4, 0.5) is 5.69 Å². The van der Waals surface area contributed by atoms with E-state index >= 15 is 0 Å². The Labute approximate surface area is 97.9 Å². The molecule has 3 heteroatoms. The summed E-state index contributed by atoms with van der Waals surface area (Å²) in [6.45, 7) is 9.14. The summed E-state index contributed by atoms with van der Waals surface area (Å²) in [5.74, 6) is 0. The van der Waals surface area contributed by atoms with Crippen LogP contribution < -0.4 is 5.32 Å². The number of anilines is 1. The van der Waals surface area contributed by atoms with Gasteiger partial charge in [0.2, 0.25) is 0 Å². The fraction of sp³-hybridized carbons (Fsp3) is 0.615. The van der Waals surface area contributed by atoms with E-state index in [-0.39, 0.29) is 5.54 Å². The largest absolute Gasteiger partial charge is 0.380 e. The molecule has 1 N–H and O–H groups in total. The van der Waals surface area contributed by atoms with Gasteiger partial charge in [0, 0.05) is 37.1 Å². The topological polar surface area (TPSA) is 28.2 Å². The minimum atomic E-state index is 0.283. The highest BCUT2D eigenvalue weighted by molar-refractivity contribution is 5.41. The number of pyridine rings is 1. The summed E-state index contributed by atoms with van der Waals surface area (Å²) in [6.07, 6.45) is 4.91. The van der Waals surface area contributed by atoms with Crippen LogP contribution in [0.2, 0.25) is 0 Å². The second-order valence-corrected chi connectivity index (χ2v) is 5.49. The molecule has 16 heavy (non-hydrogen) atoms. The van der Waals surface area contributed by atoms with E-state index in [4.69, 9.17) is 0 Å². The summed E-state index contributed by atoms with van der Waals surface area (Å²) < 4.78 is 0. The second kappa shape index (κ2) is 4.42. The number of nitrogens with zero attached hydrogens (tertiary/aromatic N) is 2. The van der Waals surface area contributed by atoms with E-state index < -0.39 is 0 Å². The zero-order valence-electron chi connectivity index (χ0n) is 10.4. The van der Waals surface area contributed by atoms with E-state index in [1.807, 2.05) is 12.3 Å². The van der Waals surface area contributed by atoms with E-state index in [1.165, 1.54) is 13.0 Å². The first-order valence-electron chi connectivity index (χ1n) is 5.97. The van der Waals surface area contributed by atoms with Crippen LogP contribution >= 0.6 is 0 Å². The molecule has 1 aromatic heterocycles. The number of hydrogen-bond donors (Lipinski definition) is 1. The van der Waals surface area contributed by atoms with Gasteiger partial charge in [-0.1, -0.05) is 0 Å². The van der Waals surface area contributed by atoms with Gasteiger partial charge in [0.05, 0.1) is 5.69 Å². The summed E-state index contributed by atoms with van der Waals surface area (Å²) in [4.78, 5) is 6.65. The van der Waals surface area contributed by atoms with Gasteiger partial charge in [0.1, 0.15) is 0 Å². The molecule has 3 nitrogen and oxygen atoms in total. The molecule has 1 aromatic rings. The van der Waals surface area contributed by atoms with E-state index in [2.05, 4.69) is 42.0 Å². The molecule has 1 aliphatic rings. The molecule has 1 fully saturated rings. The Balaban J connectivity index is 1.91. The standard InChI is InChI=1S/C13H21N3/c1-13(2,3)16-8-6-12(10-16)15-11-5-4-7-14-9-11/h4-5,7,9,12,15H,6,8,10H2,1-3H3. The van der Waals surface area contributed by atoms with E-state index in [9.17, 15) is 0 Å². The molecule has 0 saturated carbocycles. The van der Waals surface area contributed by atoms with Crippen molar-refractivity contribution in [3.8, 4) is 0 Å². The maximum atomic E-state index is 4.12. The van der Waals surface area contributed by atoms with Crippen molar-refractivity contribution in [1.82, 2.24) is 9.88 Å². The summed E-state index contributed by atoms with van der Waals surface area (Å²) in [5.41, 5.74) is 1.41. The van der Waals surface area contributed by atoms with Crippen LogP contribution in [-0.4, -0.2) is 34.6 Å². The molecule has 1 aliphatic heterocycles. The first-order chi connectivity index (χ1) is 7.55.